The quantitative estimate of drug-likeness (QED) is 0.887. The molecule has 0 aliphatic rings. The van der Waals surface area contributed by atoms with Gasteiger partial charge in [-0.25, -0.2) is 0 Å². The summed E-state index contributed by atoms with van der Waals surface area (Å²) in [5.74, 6) is 0.606. The van der Waals surface area contributed by atoms with Crippen molar-refractivity contribution in [3.63, 3.8) is 0 Å². The maximum absolute atomic E-state index is 9.69. The molecular formula is C11H16BrNO2. The Balaban J connectivity index is 3.11. The fourth-order valence-electron chi connectivity index (χ4n) is 1.31. The van der Waals surface area contributed by atoms with Gasteiger partial charge in [0.25, 0.3) is 0 Å². The van der Waals surface area contributed by atoms with Crippen molar-refractivity contribution < 1.29 is 9.84 Å². The molecule has 3 nitrogen and oxygen atoms in total. The van der Waals surface area contributed by atoms with E-state index in [0.29, 0.717) is 16.8 Å². The summed E-state index contributed by atoms with van der Waals surface area (Å²) in [6.07, 6.45) is 0.850. The van der Waals surface area contributed by atoms with Gasteiger partial charge in [-0.15, -0.1) is 0 Å². The largest absolute Gasteiger partial charge is 0.503 e. The highest BCUT2D eigenvalue weighted by atomic mass is 79.9. The van der Waals surface area contributed by atoms with E-state index in [0.717, 1.165) is 12.0 Å². The van der Waals surface area contributed by atoms with E-state index in [4.69, 9.17) is 10.5 Å². The average molecular weight is 274 g/mol. The summed E-state index contributed by atoms with van der Waals surface area (Å²) in [5, 5.41) is 9.69. The third-order valence-corrected chi connectivity index (χ3v) is 2.82. The first-order chi connectivity index (χ1) is 7.10. The molecular weight excluding hydrogens is 258 g/mol. The summed E-state index contributed by atoms with van der Waals surface area (Å²) in [7, 11) is 0. The average Bonchev–Trinajstić information content (AvgIpc) is 2.23. The van der Waals surface area contributed by atoms with Gasteiger partial charge in [0.2, 0.25) is 0 Å². The molecule has 0 radical (unpaired) electrons. The van der Waals surface area contributed by atoms with Crippen LogP contribution in [0, 0.1) is 0 Å². The monoisotopic (exact) mass is 273 g/mol. The van der Waals surface area contributed by atoms with E-state index in [9.17, 15) is 5.11 Å². The molecule has 0 aliphatic heterocycles. The summed E-state index contributed by atoms with van der Waals surface area (Å²) in [5.41, 5.74) is 6.88. The number of hydrogen-bond acceptors (Lipinski definition) is 3. The minimum atomic E-state index is -0.0268. The predicted molar refractivity (Wildman–Crippen MR) is 64.2 cm³/mol. The summed E-state index contributed by atoms with van der Waals surface area (Å²) in [6, 6.07) is 3.59. The smallest absolute Gasteiger partial charge is 0.172 e. The van der Waals surface area contributed by atoms with E-state index >= 15 is 0 Å². The first kappa shape index (κ1) is 12.3. The van der Waals surface area contributed by atoms with Gasteiger partial charge in [0.15, 0.2) is 11.5 Å². The van der Waals surface area contributed by atoms with Crippen LogP contribution in [0.15, 0.2) is 16.6 Å². The third kappa shape index (κ3) is 2.86. The molecule has 1 aromatic rings. The normalized spacial score (nSPS) is 12.5. The number of phenols is 1. The Kier molecular flexibility index (Phi) is 4.42. The molecule has 3 N–H and O–H groups in total. The highest BCUT2D eigenvalue weighted by Crippen LogP contribution is 2.37. The van der Waals surface area contributed by atoms with Crippen LogP contribution in [0.4, 0.5) is 0 Å². The number of rotatable bonds is 4. The van der Waals surface area contributed by atoms with Gasteiger partial charge in [0.05, 0.1) is 11.1 Å². The molecule has 15 heavy (non-hydrogen) atoms. The van der Waals surface area contributed by atoms with E-state index < -0.39 is 0 Å². The van der Waals surface area contributed by atoms with Crippen LogP contribution < -0.4 is 10.5 Å². The molecule has 0 saturated heterocycles. The van der Waals surface area contributed by atoms with E-state index in [2.05, 4.69) is 15.9 Å². The van der Waals surface area contributed by atoms with Crippen molar-refractivity contribution in [3.05, 3.63) is 22.2 Å². The fraction of sp³-hybridized carbons (Fsp3) is 0.455. The number of ether oxygens (including phenoxy) is 1. The van der Waals surface area contributed by atoms with E-state index in [1.807, 2.05) is 19.9 Å². The molecule has 0 saturated carbocycles. The number of aromatic hydroxyl groups is 1. The van der Waals surface area contributed by atoms with Gasteiger partial charge in [0, 0.05) is 6.04 Å². The minimum absolute atomic E-state index is 0.0268. The molecule has 0 aromatic heterocycles. The van der Waals surface area contributed by atoms with Crippen LogP contribution in [-0.4, -0.2) is 11.7 Å². The van der Waals surface area contributed by atoms with Crippen LogP contribution in [0.25, 0.3) is 0 Å². The molecule has 0 spiro atoms. The van der Waals surface area contributed by atoms with Gasteiger partial charge in [-0.1, -0.05) is 6.92 Å². The van der Waals surface area contributed by atoms with Crippen molar-refractivity contribution in [2.45, 2.75) is 26.3 Å². The zero-order valence-electron chi connectivity index (χ0n) is 8.96. The molecule has 1 rings (SSSR count). The molecule has 0 bridgehead atoms. The number of nitrogens with two attached hydrogens (primary N) is 1. The number of benzene rings is 1. The van der Waals surface area contributed by atoms with Gasteiger partial charge < -0.3 is 15.6 Å². The zero-order valence-corrected chi connectivity index (χ0v) is 10.5. The van der Waals surface area contributed by atoms with Crippen molar-refractivity contribution in [2.75, 3.05) is 6.61 Å². The van der Waals surface area contributed by atoms with Crippen LogP contribution in [0.2, 0.25) is 0 Å². The summed E-state index contributed by atoms with van der Waals surface area (Å²) in [4.78, 5) is 0. The molecule has 0 unspecified atom stereocenters. The van der Waals surface area contributed by atoms with Gasteiger partial charge in [0.1, 0.15) is 0 Å². The Morgan fingerprint density at radius 1 is 1.47 bits per heavy atom. The highest BCUT2D eigenvalue weighted by molar-refractivity contribution is 9.10. The molecule has 0 heterocycles. The Bertz CT molecular complexity index is 342. The van der Waals surface area contributed by atoms with Crippen molar-refractivity contribution in [2.24, 2.45) is 5.73 Å². The van der Waals surface area contributed by atoms with Gasteiger partial charge in [-0.2, -0.15) is 0 Å². The van der Waals surface area contributed by atoms with E-state index in [1.165, 1.54) is 0 Å². The van der Waals surface area contributed by atoms with Crippen molar-refractivity contribution >= 4 is 15.9 Å². The number of hydrogen-bond donors (Lipinski definition) is 2. The third-order valence-electron chi connectivity index (χ3n) is 2.22. The lowest BCUT2D eigenvalue weighted by molar-refractivity contribution is 0.316. The molecule has 1 atom stereocenters. The van der Waals surface area contributed by atoms with E-state index in [1.54, 1.807) is 6.07 Å². The predicted octanol–water partition coefficient (Wildman–Crippen LogP) is 2.96. The summed E-state index contributed by atoms with van der Waals surface area (Å²) >= 11 is 3.28. The maximum atomic E-state index is 9.69. The lowest BCUT2D eigenvalue weighted by Gasteiger charge is -2.14. The fourth-order valence-corrected chi connectivity index (χ4v) is 1.77. The van der Waals surface area contributed by atoms with E-state index in [-0.39, 0.29) is 11.8 Å². The number of phenolic OH excluding ortho intramolecular Hbond substituents is 1. The highest BCUT2D eigenvalue weighted by Gasteiger charge is 2.12. The summed E-state index contributed by atoms with van der Waals surface area (Å²) < 4.78 is 5.94. The van der Waals surface area contributed by atoms with Crippen LogP contribution >= 0.6 is 15.9 Å². The second-order valence-corrected chi connectivity index (χ2v) is 4.15. The van der Waals surface area contributed by atoms with Gasteiger partial charge in [-0.3, -0.25) is 0 Å². The van der Waals surface area contributed by atoms with Crippen LogP contribution in [0.5, 0.6) is 11.5 Å². The van der Waals surface area contributed by atoms with Crippen LogP contribution in [-0.2, 0) is 0 Å². The molecule has 0 aliphatic carbocycles. The lowest BCUT2D eigenvalue weighted by atomic mass is 10.1. The zero-order chi connectivity index (χ0) is 11.4. The van der Waals surface area contributed by atoms with Gasteiger partial charge >= 0.3 is 0 Å². The molecule has 84 valence electrons. The van der Waals surface area contributed by atoms with Crippen LogP contribution in [0.1, 0.15) is 31.9 Å². The topological polar surface area (TPSA) is 55.5 Å². The minimum Gasteiger partial charge on any atom is -0.503 e. The van der Waals surface area contributed by atoms with Gasteiger partial charge in [-0.05, 0) is 47.0 Å². The maximum Gasteiger partial charge on any atom is 0.172 e. The second-order valence-electron chi connectivity index (χ2n) is 3.30. The standard InChI is InChI=1S/C11H16BrNO2/c1-3-9(13)7-5-8(12)11(14)10(6-7)15-4-2/h5-6,9,14H,3-4,13H2,1-2H3/t9-/m1/s1. The molecule has 0 fully saturated rings. The summed E-state index contributed by atoms with van der Waals surface area (Å²) in [6.45, 7) is 4.41. The van der Waals surface area contributed by atoms with Crippen molar-refractivity contribution in [1.82, 2.24) is 0 Å². The Labute approximate surface area is 98.4 Å². The molecule has 4 heteroatoms. The number of halogens is 1. The van der Waals surface area contributed by atoms with Crippen molar-refractivity contribution in [3.8, 4) is 11.5 Å². The second kappa shape index (κ2) is 5.37. The lowest BCUT2D eigenvalue weighted by Crippen LogP contribution is -2.09. The molecule has 1 aromatic carbocycles. The Hall–Kier alpha value is -0.740. The SMILES string of the molecule is CCOc1cc([C@H](N)CC)cc(Br)c1O. The first-order valence-electron chi connectivity index (χ1n) is 5.00. The molecule has 0 amide bonds. The van der Waals surface area contributed by atoms with Crippen molar-refractivity contribution in [1.29, 1.82) is 0 Å². The first-order valence-corrected chi connectivity index (χ1v) is 5.80. The Morgan fingerprint density at radius 3 is 2.67 bits per heavy atom. The van der Waals surface area contributed by atoms with Crippen LogP contribution in [0.3, 0.4) is 0 Å². The Morgan fingerprint density at radius 2 is 2.13 bits per heavy atom.